The summed E-state index contributed by atoms with van der Waals surface area (Å²) in [6, 6.07) is 8.11. The number of nitrogens with zero attached hydrogens (tertiary/aromatic N) is 3. The molecule has 0 bridgehead atoms. The third-order valence-corrected chi connectivity index (χ3v) is 5.81. The Kier molecular flexibility index (Phi) is 12.8. The number of carbonyl (C=O) groups excluding carboxylic acids is 3. The predicted molar refractivity (Wildman–Crippen MR) is 133 cm³/mol. The van der Waals surface area contributed by atoms with Crippen LogP contribution in [0.5, 0.6) is 0 Å². The second-order valence-corrected chi connectivity index (χ2v) is 8.41. The predicted octanol–water partition coefficient (Wildman–Crippen LogP) is 1.19. The van der Waals surface area contributed by atoms with E-state index in [0.717, 1.165) is 12.0 Å². The van der Waals surface area contributed by atoms with E-state index in [2.05, 4.69) is 15.8 Å². The molecule has 4 N–H and O–H groups in total. The molecule has 1 saturated heterocycles. The molecular formula is C25H36N6O5. The van der Waals surface area contributed by atoms with Gasteiger partial charge < -0.3 is 20.1 Å². The van der Waals surface area contributed by atoms with Crippen LogP contribution in [-0.2, 0) is 30.3 Å². The number of hydrazine groups is 1. The van der Waals surface area contributed by atoms with Crippen LogP contribution in [0.1, 0.15) is 51.0 Å². The van der Waals surface area contributed by atoms with Gasteiger partial charge in [-0.15, -0.1) is 0 Å². The van der Waals surface area contributed by atoms with Crippen LogP contribution in [0.15, 0.2) is 35.3 Å². The van der Waals surface area contributed by atoms with E-state index < -0.39 is 30.1 Å². The van der Waals surface area contributed by atoms with Crippen LogP contribution in [0.2, 0.25) is 0 Å². The molecule has 11 nitrogen and oxygen atoms in total. The lowest BCUT2D eigenvalue weighted by molar-refractivity contribution is -0.171. The second kappa shape index (κ2) is 16.1. The zero-order valence-electron chi connectivity index (χ0n) is 20.7. The minimum atomic E-state index is -1.04. The van der Waals surface area contributed by atoms with E-state index in [0.29, 0.717) is 51.6 Å². The minimum absolute atomic E-state index is 0.180. The maximum Gasteiger partial charge on any atom is 0.347 e. The van der Waals surface area contributed by atoms with E-state index in [-0.39, 0.29) is 12.5 Å². The number of nitriles is 1. The number of esters is 2. The standard InChI is InChI=1S/C25H36N6O5/c1-2-35-25(34)22(14-13-19-9-4-3-5-10-19)36-24(33)21-12-8-16-31(21)23(32)20(27)11-6-7-15-28-18-30-29-17-26/h3-5,9-10,18,20-22,29H,2,6-8,11-16,27H2,1H3,(H,28,30)/t20-,21-,22-/m0/s1. The lowest BCUT2D eigenvalue weighted by Gasteiger charge is -2.27. The number of carbonyl (C=O) groups is 3. The quantitative estimate of drug-likeness (QED) is 0.0611. The third-order valence-electron chi connectivity index (χ3n) is 5.81. The maximum absolute atomic E-state index is 13.0. The Balaban J connectivity index is 1.88. The summed E-state index contributed by atoms with van der Waals surface area (Å²) in [5.74, 6) is -1.49. The molecule has 196 valence electrons. The van der Waals surface area contributed by atoms with Gasteiger partial charge in [-0.25, -0.2) is 15.0 Å². The molecule has 1 fully saturated rings. The van der Waals surface area contributed by atoms with Crippen molar-refractivity contribution in [3.8, 4) is 6.19 Å². The Hall–Kier alpha value is -3.65. The fourth-order valence-corrected chi connectivity index (χ4v) is 3.98. The fraction of sp³-hybridized carbons (Fsp3) is 0.560. The van der Waals surface area contributed by atoms with Crippen molar-refractivity contribution >= 4 is 24.2 Å². The molecule has 0 aromatic heterocycles. The molecule has 0 saturated carbocycles. The number of unbranched alkanes of at least 4 members (excludes halogenated alkanes) is 1. The number of likely N-dealkylation sites (tertiary alicyclic amines) is 1. The molecule has 0 aliphatic carbocycles. The molecule has 1 amide bonds. The summed E-state index contributed by atoms with van der Waals surface area (Å²) < 4.78 is 10.7. The van der Waals surface area contributed by atoms with Gasteiger partial charge in [0.1, 0.15) is 12.4 Å². The molecule has 3 atom stereocenters. The van der Waals surface area contributed by atoms with Crippen LogP contribution in [-0.4, -0.2) is 67.0 Å². The van der Waals surface area contributed by atoms with Gasteiger partial charge in [-0.1, -0.05) is 30.3 Å². The molecule has 0 radical (unpaired) electrons. The Morgan fingerprint density at radius 1 is 1.28 bits per heavy atom. The SMILES string of the molecule is CCOC(=O)[C@H](CCc1ccccc1)OC(=O)[C@@H]1CCCN1C(=O)[C@@H](N)CCCCN=CNNC#N. The van der Waals surface area contributed by atoms with Gasteiger partial charge in [-0.2, -0.15) is 5.26 Å². The number of nitrogens with two attached hydrogens (primary N) is 1. The van der Waals surface area contributed by atoms with Gasteiger partial charge in [0.05, 0.1) is 12.6 Å². The number of nitrogens with one attached hydrogen (secondary N) is 2. The van der Waals surface area contributed by atoms with Gasteiger partial charge in [-0.3, -0.25) is 15.2 Å². The molecule has 1 heterocycles. The lowest BCUT2D eigenvalue weighted by Crippen LogP contribution is -2.49. The summed E-state index contributed by atoms with van der Waals surface area (Å²) in [6.45, 7) is 2.82. The number of ether oxygens (including phenoxy) is 2. The van der Waals surface area contributed by atoms with Crippen molar-refractivity contribution in [1.82, 2.24) is 15.8 Å². The first-order valence-corrected chi connectivity index (χ1v) is 12.3. The molecule has 1 aliphatic heterocycles. The number of amides is 1. The van der Waals surface area contributed by atoms with Crippen LogP contribution >= 0.6 is 0 Å². The largest absolute Gasteiger partial charge is 0.463 e. The average molecular weight is 501 g/mol. The monoisotopic (exact) mass is 500 g/mol. The highest BCUT2D eigenvalue weighted by Gasteiger charge is 2.39. The van der Waals surface area contributed by atoms with Gasteiger partial charge in [0, 0.05) is 13.1 Å². The zero-order chi connectivity index (χ0) is 26.2. The van der Waals surface area contributed by atoms with Crippen LogP contribution in [0.3, 0.4) is 0 Å². The average Bonchev–Trinajstić information content (AvgIpc) is 3.38. The van der Waals surface area contributed by atoms with Gasteiger partial charge in [-0.05, 0) is 57.4 Å². The summed E-state index contributed by atoms with van der Waals surface area (Å²) in [5, 5.41) is 8.33. The highest BCUT2D eigenvalue weighted by molar-refractivity contribution is 5.89. The maximum atomic E-state index is 13.0. The molecule has 0 spiro atoms. The third kappa shape index (κ3) is 9.54. The minimum Gasteiger partial charge on any atom is -0.463 e. The van der Waals surface area contributed by atoms with E-state index in [9.17, 15) is 14.4 Å². The molecule has 0 unspecified atom stereocenters. The summed E-state index contributed by atoms with van der Waals surface area (Å²) in [4.78, 5) is 44.0. The van der Waals surface area contributed by atoms with E-state index in [1.165, 1.54) is 11.2 Å². The van der Waals surface area contributed by atoms with Crippen molar-refractivity contribution in [2.75, 3.05) is 19.7 Å². The van der Waals surface area contributed by atoms with Gasteiger partial charge in [0.25, 0.3) is 0 Å². The van der Waals surface area contributed by atoms with E-state index in [1.54, 1.807) is 13.1 Å². The molecule has 1 aromatic carbocycles. The van der Waals surface area contributed by atoms with Crippen LogP contribution < -0.4 is 16.6 Å². The van der Waals surface area contributed by atoms with Crippen molar-refractivity contribution in [3.05, 3.63) is 35.9 Å². The number of hydrogen-bond acceptors (Lipinski definition) is 9. The Bertz CT molecular complexity index is 904. The number of benzene rings is 1. The van der Waals surface area contributed by atoms with E-state index in [4.69, 9.17) is 20.5 Å². The van der Waals surface area contributed by atoms with Crippen molar-refractivity contribution in [3.63, 3.8) is 0 Å². The number of hydrogen-bond donors (Lipinski definition) is 3. The molecule has 2 rings (SSSR count). The molecule has 11 heteroatoms. The van der Waals surface area contributed by atoms with E-state index >= 15 is 0 Å². The van der Waals surface area contributed by atoms with Crippen LogP contribution in [0.4, 0.5) is 0 Å². The van der Waals surface area contributed by atoms with Gasteiger partial charge in [0.15, 0.2) is 12.3 Å². The Morgan fingerprint density at radius 3 is 2.78 bits per heavy atom. The number of rotatable bonds is 15. The highest BCUT2D eigenvalue weighted by Crippen LogP contribution is 2.22. The molecule has 1 aromatic rings. The molecule has 36 heavy (non-hydrogen) atoms. The first-order chi connectivity index (χ1) is 17.5. The normalized spacial score (nSPS) is 16.7. The highest BCUT2D eigenvalue weighted by atomic mass is 16.6. The summed E-state index contributed by atoms with van der Waals surface area (Å²) >= 11 is 0. The molecular weight excluding hydrogens is 464 g/mol. The molecule has 1 aliphatic rings. The summed E-state index contributed by atoms with van der Waals surface area (Å²) in [5.41, 5.74) is 11.9. The first kappa shape index (κ1) is 28.6. The second-order valence-electron chi connectivity index (χ2n) is 8.41. The number of aliphatic imine (C=N–C) groups is 1. The van der Waals surface area contributed by atoms with Gasteiger partial charge in [0.2, 0.25) is 5.91 Å². The van der Waals surface area contributed by atoms with Crippen molar-refractivity contribution in [2.24, 2.45) is 10.7 Å². The van der Waals surface area contributed by atoms with Crippen molar-refractivity contribution in [1.29, 1.82) is 5.26 Å². The smallest absolute Gasteiger partial charge is 0.347 e. The topological polar surface area (TPSA) is 159 Å². The fourth-order valence-electron chi connectivity index (χ4n) is 3.98. The first-order valence-electron chi connectivity index (χ1n) is 12.3. The summed E-state index contributed by atoms with van der Waals surface area (Å²) in [6.07, 6.45) is 5.87. The van der Waals surface area contributed by atoms with Crippen molar-refractivity contribution < 1.29 is 23.9 Å². The number of aryl methyl sites for hydroxylation is 1. The lowest BCUT2D eigenvalue weighted by atomic mass is 10.1. The van der Waals surface area contributed by atoms with Gasteiger partial charge >= 0.3 is 11.9 Å². The summed E-state index contributed by atoms with van der Waals surface area (Å²) in [7, 11) is 0. The Morgan fingerprint density at radius 2 is 2.06 bits per heavy atom. The zero-order valence-corrected chi connectivity index (χ0v) is 20.7. The Labute approximate surface area is 212 Å². The van der Waals surface area contributed by atoms with E-state index in [1.807, 2.05) is 30.3 Å². The van der Waals surface area contributed by atoms with Crippen LogP contribution in [0, 0.1) is 11.5 Å². The van der Waals surface area contributed by atoms with Crippen LogP contribution in [0.25, 0.3) is 0 Å². The van der Waals surface area contributed by atoms with Crippen molar-refractivity contribution in [2.45, 2.75) is 70.1 Å².